The van der Waals surface area contributed by atoms with Gasteiger partial charge in [-0.1, -0.05) is 47.3 Å². The number of hydrogen-bond donors (Lipinski definition) is 0. The average molecular weight is 401 g/mol. The molecule has 0 nitrogen and oxygen atoms in total. The van der Waals surface area contributed by atoms with Gasteiger partial charge < -0.3 is 0 Å². The molecule has 7 atom stereocenters. The van der Waals surface area contributed by atoms with Crippen molar-refractivity contribution in [3.8, 4) is 0 Å². The van der Waals surface area contributed by atoms with E-state index in [1.165, 1.54) is 30.2 Å². The molecule has 5 rings (SSSR count). The van der Waals surface area contributed by atoms with E-state index in [9.17, 15) is 0 Å². The molecule has 4 fully saturated rings. The molecule has 0 saturated heterocycles. The Kier molecular flexibility index (Phi) is 4.73. The summed E-state index contributed by atoms with van der Waals surface area (Å²) < 4.78 is 1.25. The SMILES string of the molecule is Brc1cccc(C[C@@H]2CCC3C4CCC5CCCCC5C4CCC32)c1. The molecule has 25 heavy (non-hydrogen) atoms. The minimum absolute atomic E-state index is 0.962. The molecular formula is C24H33Br. The molecule has 0 radical (unpaired) electrons. The second kappa shape index (κ2) is 7.02. The lowest BCUT2D eigenvalue weighted by Crippen LogP contribution is -2.44. The van der Waals surface area contributed by atoms with E-state index in [0.29, 0.717) is 0 Å². The second-order valence-corrected chi connectivity index (χ2v) is 10.6. The van der Waals surface area contributed by atoms with Crippen molar-refractivity contribution in [3.63, 3.8) is 0 Å². The summed E-state index contributed by atoms with van der Waals surface area (Å²) in [6.45, 7) is 0. The third-order valence-electron chi connectivity index (χ3n) is 8.73. The fourth-order valence-corrected chi connectivity index (χ4v) is 8.27. The molecule has 1 heteroatoms. The van der Waals surface area contributed by atoms with Crippen LogP contribution >= 0.6 is 15.9 Å². The van der Waals surface area contributed by atoms with Gasteiger partial charge in [0, 0.05) is 4.47 Å². The maximum absolute atomic E-state index is 3.66. The maximum atomic E-state index is 3.66. The largest absolute Gasteiger partial charge is 0.0609 e. The first-order valence-corrected chi connectivity index (χ1v) is 11.8. The van der Waals surface area contributed by atoms with E-state index in [1.54, 1.807) is 50.5 Å². The van der Waals surface area contributed by atoms with Gasteiger partial charge in [0.15, 0.2) is 0 Å². The van der Waals surface area contributed by atoms with Crippen molar-refractivity contribution >= 4 is 15.9 Å². The molecule has 4 saturated carbocycles. The van der Waals surface area contributed by atoms with Crippen molar-refractivity contribution in [1.82, 2.24) is 0 Å². The second-order valence-electron chi connectivity index (χ2n) is 9.69. The first-order chi connectivity index (χ1) is 12.3. The fraction of sp³-hybridized carbons (Fsp3) is 0.750. The van der Waals surface area contributed by atoms with Gasteiger partial charge in [-0.15, -0.1) is 0 Å². The van der Waals surface area contributed by atoms with Crippen molar-refractivity contribution in [2.45, 2.75) is 70.6 Å². The Bertz CT molecular complexity index is 608. The lowest BCUT2D eigenvalue weighted by molar-refractivity contribution is -0.0244. The summed E-state index contributed by atoms with van der Waals surface area (Å²) in [5, 5.41) is 0. The van der Waals surface area contributed by atoms with Gasteiger partial charge in [-0.05, 0) is 110 Å². The highest BCUT2D eigenvalue weighted by Crippen LogP contribution is 2.59. The summed E-state index contributed by atoms with van der Waals surface area (Å²) in [5.74, 6) is 7.54. The van der Waals surface area contributed by atoms with E-state index in [0.717, 1.165) is 41.4 Å². The first-order valence-electron chi connectivity index (χ1n) is 11.0. The monoisotopic (exact) mass is 400 g/mol. The molecule has 136 valence electrons. The van der Waals surface area contributed by atoms with Gasteiger partial charge in [0.25, 0.3) is 0 Å². The molecule has 0 aliphatic heterocycles. The van der Waals surface area contributed by atoms with Gasteiger partial charge in [0.1, 0.15) is 0 Å². The number of rotatable bonds is 2. The van der Waals surface area contributed by atoms with E-state index < -0.39 is 0 Å². The van der Waals surface area contributed by atoms with Crippen LogP contribution in [0.1, 0.15) is 69.8 Å². The maximum Gasteiger partial charge on any atom is 0.0177 e. The quantitative estimate of drug-likeness (QED) is 0.489. The van der Waals surface area contributed by atoms with Crippen LogP contribution in [0.5, 0.6) is 0 Å². The van der Waals surface area contributed by atoms with Crippen LogP contribution in [0.25, 0.3) is 0 Å². The Hall–Kier alpha value is -0.300. The zero-order chi connectivity index (χ0) is 16.8. The van der Waals surface area contributed by atoms with Crippen molar-refractivity contribution in [1.29, 1.82) is 0 Å². The first kappa shape index (κ1) is 16.8. The predicted octanol–water partition coefficient (Wildman–Crippen LogP) is 7.26. The summed E-state index contributed by atoms with van der Waals surface area (Å²) in [7, 11) is 0. The van der Waals surface area contributed by atoms with E-state index in [-0.39, 0.29) is 0 Å². The smallest absolute Gasteiger partial charge is 0.0177 e. The molecule has 0 N–H and O–H groups in total. The Morgan fingerprint density at radius 3 is 2.36 bits per heavy atom. The van der Waals surface area contributed by atoms with Crippen LogP contribution in [0, 0.1) is 41.4 Å². The molecule has 0 bridgehead atoms. The molecule has 0 amide bonds. The lowest BCUT2D eigenvalue weighted by Gasteiger charge is -2.52. The topological polar surface area (TPSA) is 0 Å². The van der Waals surface area contributed by atoms with E-state index in [1.807, 2.05) is 0 Å². The van der Waals surface area contributed by atoms with E-state index in [2.05, 4.69) is 40.2 Å². The highest BCUT2D eigenvalue weighted by molar-refractivity contribution is 9.10. The lowest BCUT2D eigenvalue weighted by atomic mass is 9.53. The minimum atomic E-state index is 0.962. The van der Waals surface area contributed by atoms with Crippen molar-refractivity contribution in [3.05, 3.63) is 34.3 Å². The Morgan fingerprint density at radius 2 is 1.44 bits per heavy atom. The number of fused-ring (bicyclic) bond motifs is 5. The molecule has 4 aliphatic carbocycles. The van der Waals surface area contributed by atoms with Crippen LogP contribution in [0.15, 0.2) is 28.7 Å². The van der Waals surface area contributed by atoms with Gasteiger partial charge in [-0.3, -0.25) is 0 Å². The van der Waals surface area contributed by atoms with E-state index >= 15 is 0 Å². The van der Waals surface area contributed by atoms with Gasteiger partial charge in [-0.25, -0.2) is 0 Å². The molecular weight excluding hydrogens is 368 g/mol. The zero-order valence-electron chi connectivity index (χ0n) is 15.5. The van der Waals surface area contributed by atoms with Gasteiger partial charge in [-0.2, -0.15) is 0 Å². The normalized spacial score (nSPS) is 43.2. The minimum Gasteiger partial charge on any atom is -0.0609 e. The molecule has 0 aromatic heterocycles. The fourth-order valence-electron chi connectivity index (χ4n) is 7.83. The van der Waals surface area contributed by atoms with Crippen LogP contribution in [-0.2, 0) is 6.42 Å². The highest BCUT2D eigenvalue weighted by Gasteiger charge is 2.50. The van der Waals surface area contributed by atoms with Gasteiger partial charge in [0.2, 0.25) is 0 Å². The highest BCUT2D eigenvalue weighted by atomic mass is 79.9. The van der Waals surface area contributed by atoms with Crippen molar-refractivity contribution < 1.29 is 0 Å². The molecule has 0 spiro atoms. The number of benzene rings is 1. The summed E-state index contributed by atoms with van der Waals surface area (Å²) in [5.41, 5.74) is 1.55. The summed E-state index contributed by atoms with van der Waals surface area (Å²) in [4.78, 5) is 0. The summed E-state index contributed by atoms with van der Waals surface area (Å²) >= 11 is 3.66. The Labute approximate surface area is 162 Å². The van der Waals surface area contributed by atoms with Crippen molar-refractivity contribution in [2.24, 2.45) is 41.4 Å². The van der Waals surface area contributed by atoms with Crippen LogP contribution < -0.4 is 0 Å². The third-order valence-corrected chi connectivity index (χ3v) is 9.23. The molecule has 4 aliphatic rings. The van der Waals surface area contributed by atoms with Crippen LogP contribution in [0.4, 0.5) is 0 Å². The summed E-state index contributed by atoms with van der Waals surface area (Å²) in [6, 6.07) is 9.07. The van der Waals surface area contributed by atoms with Crippen molar-refractivity contribution in [2.75, 3.05) is 0 Å². The summed E-state index contributed by atoms with van der Waals surface area (Å²) in [6.07, 6.45) is 16.8. The van der Waals surface area contributed by atoms with Crippen LogP contribution in [0.3, 0.4) is 0 Å². The predicted molar refractivity (Wildman–Crippen MR) is 108 cm³/mol. The van der Waals surface area contributed by atoms with Crippen LogP contribution in [0.2, 0.25) is 0 Å². The van der Waals surface area contributed by atoms with Crippen LogP contribution in [-0.4, -0.2) is 0 Å². The number of halogens is 1. The average Bonchev–Trinajstić information content (AvgIpc) is 3.04. The zero-order valence-corrected chi connectivity index (χ0v) is 17.1. The Morgan fingerprint density at radius 1 is 0.720 bits per heavy atom. The third kappa shape index (κ3) is 3.13. The van der Waals surface area contributed by atoms with Gasteiger partial charge in [0.05, 0.1) is 0 Å². The molecule has 1 aromatic rings. The Balaban J connectivity index is 1.30. The van der Waals surface area contributed by atoms with E-state index in [4.69, 9.17) is 0 Å². The molecule has 0 heterocycles. The number of hydrogen-bond acceptors (Lipinski definition) is 0. The molecule has 1 aromatic carbocycles. The standard InChI is InChI=1S/C24H33Br/c25-19-6-3-4-16(15-19)14-18-9-11-22-21(18)12-13-23-20-7-2-1-5-17(20)8-10-24(22)23/h3-4,6,15,17-18,20-24H,1-2,5,7-14H2/t17?,18-,20?,21?,22?,23?,24?/m0/s1. The van der Waals surface area contributed by atoms with Gasteiger partial charge >= 0.3 is 0 Å². The molecule has 6 unspecified atom stereocenters.